The molecule has 2 aliphatic rings. The molecule has 0 aromatic carbocycles. The van der Waals surface area contributed by atoms with E-state index in [1.165, 1.54) is 6.07 Å². The highest BCUT2D eigenvalue weighted by Gasteiger charge is 2.35. The molecule has 0 radical (unpaired) electrons. The lowest BCUT2D eigenvalue weighted by Crippen LogP contribution is -2.32. The van der Waals surface area contributed by atoms with Gasteiger partial charge in [0.1, 0.15) is 0 Å². The van der Waals surface area contributed by atoms with E-state index in [0.717, 1.165) is 36.7 Å². The Bertz CT molecular complexity index is 924. The van der Waals surface area contributed by atoms with Crippen molar-refractivity contribution < 1.29 is 18.0 Å². The molecule has 0 aliphatic carbocycles. The van der Waals surface area contributed by atoms with Crippen LogP contribution in [-0.4, -0.2) is 39.2 Å². The van der Waals surface area contributed by atoms with Gasteiger partial charge in [0.25, 0.3) is 0 Å². The summed E-state index contributed by atoms with van der Waals surface area (Å²) in [4.78, 5) is 19.0. The molecule has 9 heteroatoms. The summed E-state index contributed by atoms with van der Waals surface area (Å²) in [7, 11) is 0. The highest BCUT2D eigenvalue weighted by molar-refractivity contribution is 5.68. The number of nitrogens with zero attached hydrogens (tertiary/aromatic N) is 5. The number of fused-ring (bicyclic) bond motifs is 2. The van der Waals surface area contributed by atoms with Crippen LogP contribution in [-0.2, 0) is 30.4 Å². The quantitative estimate of drug-likeness (QED) is 0.722. The number of halogens is 3. The van der Waals surface area contributed by atoms with E-state index >= 15 is 0 Å². The summed E-state index contributed by atoms with van der Waals surface area (Å²) >= 11 is 0. The number of hydrogen-bond donors (Lipinski definition) is 0. The number of rotatable bonds is 4. The fraction of sp³-hybridized carbons (Fsp3) is 0.550. The number of aryl methyl sites for hydroxylation is 1. The normalized spacial score (nSPS) is 17.7. The van der Waals surface area contributed by atoms with Crippen molar-refractivity contribution in [3.05, 3.63) is 34.8 Å². The second-order valence-electron chi connectivity index (χ2n) is 7.72. The molecule has 29 heavy (non-hydrogen) atoms. The molecule has 1 amide bonds. The summed E-state index contributed by atoms with van der Waals surface area (Å²) < 4.78 is 41.9. The van der Waals surface area contributed by atoms with Gasteiger partial charge in [-0.3, -0.25) is 14.5 Å². The van der Waals surface area contributed by atoms with Crippen LogP contribution in [0.5, 0.6) is 0 Å². The summed E-state index contributed by atoms with van der Waals surface area (Å²) in [5.41, 5.74) is 2.35. The van der Waals surface area contributed by atoms with Crippen LogP contribution in [0, 0.1) is 0 Å². The standard InChI is InChI=1S/C20H24F3N5O/c1-3-13(2)28-17-6-8-26(12-29)11-15(17)19(25-28)27-7-4-5-16-18(27)9-14(10-24-16)20(21,22)23/h9-10,12-13H,3-8,11H2,1-2H3. The molecular formula is C20H24F3N5O. The molecule has 0 saturated carbocycles. The van der Waals surface area contributed by atoms with Crippen molar-refractivity contribution in [1.82, 2.24) is 19.7 Å². The number of pyridine rings is 1. The average molecular weight is 407 g/mol. The topological polar surface area (TPSA) is 54.3 Å². The van der Waals surface area contributed by atoms with Crippen molar-refractivity contribution in [2.45, 2.75) is 58.3 Å². The third-order valence-corrected chi connectivity index (χ3v) is 5.87. The zero-order valence-corrected chi connectivity index (χ0v) is 16.5. The smallest absolute Gasteiger partial charge is 0.340 e. The molecule has 156 valence electrons. The number of alkyl halides is 3. The Kier molecular flexibility index (Phi) is 5.00. The fourth-order valence-electron chi connectivity index (χ4n) is 4.10. The van der Waals surface area contributed by atoms with E-state index in [-0.39, 0.29) is 6.04 Å². The molecular weight excluding hydrogens is 383 g/mol. The van der Waals surface area contributed by atoms with Gasteiger partial charge in [-0.25, -0.2) is 0 Å². The van der Waals surface area contributed by atoms with Crippen molar-refractivity contribution in [3.63, 3.8) is 0 Å². The SMILES string of the molecule is CCC(C)n1nc(N2CCCc3ncc(C(F)(F)F)cc32)c2c1CCN(C=O)C2. The van der Waals surface area contributed by atoms with Crippen LogP contribution in [0.4, 0.5) is 24.7 Å². The zero-order valence-electron chi connectivity index (χ0n) is 16.5. The minimum atomic E-state index is -4.45. The molecule has 2 aromatic rings. The molecule has 6 nitrogen and oxygen atoms in total. The van der Waals surface area contributed by atoms with Gasteiger partial charge in [0.05, 0.1) is 23.5 Å². The molecule has 0 saturated heterocycles. The first kappa shape index (κ1) is 19.7. The maximum atomic E-state index is 13.3. The molecule has 0 spiro atoms. The molecule has 0 bridgehead atoms. The Morgan fingerprint density at radius 2 is 2.07 bits per heavy atom. The van der Waals surface area contributed by atoms with E-state index in [1.54, 1.807) is 4.90 Å². The number of aromatic nitrogens is 3. The molecule has 1 atom stereocenters. The minimum absolute atomic E-state index is 0.171. The minimum Gasteiger partial charge on any atom is -0.340 e. The van der Waals surface area contributed by atoms with Gasteiger partial charge < -0.3 is 9.80 Å². The first-order valence-electron chi connectivity index (χ1n) is 9.96. The molecule has 4 rings (SSSR count). The third-order valence-electron chi connectivity index (χ3n) is 5.87. The van der Waals surface area contributed by atoms with Crippen LogP contribution >= 0.6 is 0 Å². The van der Waals surface area contributed by atoms with E-state index in [0.29, 0.717) is 49.7 Å². The summed E-state index contributed by atoms with van der Waals surface area (Å²) in [6.45, 7) is 5.77. The Morgan fingerprint density at radius 3 is 2.76 bits per heavy atom. The van der Waals surface area contributed by atoms with Gasteiger partial charge in [0.15, 0.2) is 5.82 Å². The summed E-state index contributed by atoms with van der Waals surface area (Å²) in [6, 6.07) is 1.35. The number of amides is 1. The lowest BCUT2D eigenvalue weighted by Gasteiger charge is -2.31. The average Bonchev–Trinajstić information content (AvgIpc) is 3.10. The highest BCUT2D eigenvalue weighted by atomic mass is 19.4. The maximum Gasteiger partial charge on any atom is 0.417 e. The highest BCUT2D eigenvalue weighted by Crippen LogP contribution is 2.40. The number of carbonyl (C=O) groups is 1. The zero-order chi connectivity index (χ0) is 20.8. The first-order valence-corrected chi connectivity index (χ1v) is 9.96. The number of hydrogen-bond acceptors (Lipinski definition) is 4. The van der Waals surface area contributed by atoms with Crippen molar-refractivity contribution >= 4 is 17.9 Å². The predicted molar refractivity (Wildman–Crippen MR) is 102 cm³/mol. The molecule has 0 fully saturated rings. The maximum absolute atomic E-state index is 13.3. The summed E-state index contributed by atoms with van der Waals surface area (Å²) in [5, 5.41) is 4.84. The molecule has 2 aromatic heterocycles. The first-order chi connectivity index (χ1) is 13.8. The monoisotopic (exact) mass is 407 g/mol. The van der Waals surface area contributed by atoms with Gasteiger partial charge in [-0.15, -0.1) is 0 Å². The molecule has 4 heterocycles. The Morgan fingerprint density at radius 1 is 1.28 bits per heavy atom. The molecule has 0 N–H and O–H groups in total. The van der Waals surface area contributed by atoms with Gasteiger partial charge in [0, 0.05) is 43.0 Å². The van der Waals surface area contributed by atoms with E-state index in [1.807, 2.05) is 9.58 Å². The molecule has 1 unspecified atom stereocenters. The third kappa shape index (κ3) is 3.47. The van der Waals surface area contributed by atoms with Crippen molar-refractivity contribution in [1.29, 1.82) is 0 Å². The van der Waals surface area contributed by atoms with Gasteiger partial charge in [-0.05, 0) is 32.3 Å². The van der Waals surface area contributed by atoms with Crippen LogP contribution in [0.3, 0.4) is 0 Å². The fourth-order valence-corrected chi connectivity index (χ4v) is 4.10. The molecule has 2 aliphatic heterocycles. The van der Waals surface area contributed by atoms with Gasteiger partial charge in [-0.1, -0.05) is 6.92 Å². The van der Waals surface area contributed by atoms with Crippen LogP contribution < -0.4 is 4.90 Å². The van der Waals surface area contributed by atoms with E-state index in [4.69, 9.17) is 5.10 Å². The van der Waals surface area contributed by atoms with Crippen molar-refractivity contribution in [3.8, 4) is 0 Å². The second kappa shape index (κ2) is 7.35. The van der Waals surface area contributed by atoms with Gasteiger partial charge >= 0.3 is 6.18 Å². The van der Waals surface area contributed by atoms with E-state index in [9.17, 15) is 18.0 Å². The Balaban J connectivity index is 1.84. The Hall–Kier alpha value is -2.58. The number of anilines is 2. The summed E-state index contributed by atoms with van der Waals surface area (Å²) in [6.07, 6.45) is 0.278. The van der Waals surface area contributed by atoms with Crippen LogP contribution in [0.2, 0.25) is 0 Å². The van der Waals surface area contributed by atoms with Crippen LogP contribution in [0.25, 0.3) is 0 Å². The second-order valence-corrected chi connectivity index (χ2v) is 7.72. The van der Waals surface area contributed by atoms with Crippen molar-refractivity contribution in [2.24, 2.45) is 0 Å². The van der Waals surface area contributed by atoms with E-state index in [2.05, 4.69) is 18.8 Å². The number of carbonyl (C=O) groups excluding carboxylic acids is 1. The van der Waals surface area contributed by atoms with Gasteiger partial charge in [-0.2, -0.15) is 18.3 Å². The lowest BCUT2D eigenvalue weighted by molar-refractivity contribution is -0.137. The van der Waals surface area contributed by atoms with Gasteiger partial charge in [0.2, 0.25) is 6.41 Å². The van der Waals surface area contributed by atoms with Crippen LogP contribution in [0.15, 0.2) is 12.3 Å². The van der Waals surface area contributed by atoms with Crippen LogP contribution in [0.1, 0.15) is 55.2 Å². The lowest BCUT2D eigenvalue weighted by atomic mass is 10.0. The predicted octanol–water partition coefficient (Wildman–Crippen LogP) is 3.87. The van der Waals surface area contributed by atoms with Crippen molar-refractivity contribution in [2.75, 3.05) is 18.0 Å². The van der Waals surface area contributed by atoms with E-state index < -0.39 is 11.7 Å². The Labute approximate surface area is 167 Å². The largest absolute Gasteiger partial charge is 0.417 e. The summed E-state index contributed by atoms with van der Waals surface area (Å²) in [5.74, 6) is 0.647.